The van der Waals surface area contributed by atoms with Crippen LogP contribution in [0.25, 0.3) is 16.5 Å². The average Bonchev–Trinajstić information content (AvgIpc) is 3.53. The number of hydrogen-bond acceptors (Lipinski definition) is 8. The summed E-state index contributed by atoms with van der Waals surface area (Å²) in [6.45, 7) is 14.9. The van der Waals surface area contributed by atoms with Gasteiger partial charge in [-0.1, -0.05) is 62.9 Å². The molecule has 2 heterocycles. The van der Waals surface area contributed by atoms with E-state index in [1.165, 1.54) is 11.1 Å². The van der Waals surface area contributed by atoms with Gasteiger partial charge in [0.15, 0.2) is 0 Å². The fourth-order valence-electron chi connectivity index (χ4n) is 4.96. The van der Waals surface area contributed by atoms with Crippen LogP contribution in [0.15, 0.2) is 77.7 Å². The number of aryl methyl sites for hydroxylation is 3. The minimum atomic E-state index is -0.0226. The molecule has 0 aliphatic heterocycles. The first kappa shape index (κ1) is 38.4. The number of carbonyl (C=O) groups is 1. The lowest BCUT2D eigenvalue weighted by Crippen LogP contribution is -2.28. The van der Waals surface area contributed by atoms with Crippen LogP contribution in [-0.4, -0.2) is 70.7 Å². The molecule has 0 aliphatic rings. The molecule has 260 valence electrons. The highest BCUT2D eigenvalue weighted by Crippen LogP contribution is 2.23. The SMILES string of the molecule is C=C(C)c1ccc(CCC(=O)NCCOCCOCCOCCNCc2ccc3cc(CCc4ccccc4)oc3c2)nc1NC.CC. The van der Waals surface area contributed by atoms with E-state index in [1.54, 1.807) is 0 Å². The zero-order chi connectivity index (χ0) is 34.4. The van der Waals surface area contributed by atoms with E-state index >= 15 is 0 Å². The normalized spacial score (nSPS) is 10.8. The van der Waals surface area contributed by atoms with Gasteiger partial charge in [0.2, 0.25) is 5.91 Å². The molecule has 48 heavy (non-hydrogen) atoms. The van der Waals surface area contributed by atoms with Crippen LogP contribution in [0.5, 0.6) is 0 Å². The second kappa shape index (κ2) is 22.5. The molecule has 0 aliphatic carbocycles. The van der Waals surface area contributed by atoms with E-state index in [1.807, 2.05) is 46.0 Å². The topological polar surface area (TPSA) is 107 Å². The number of amides is 1. The van der Waals surface area contributed by atoms with Crippen molar-refractivity contribution in [1.29, 1.82) is 0 Å². The number of ether oxygens (including phenoxy) is 3. The molecule has 3 N–H and O–H groups in total. The molecule has 4 rings (SSSR count). The molecule has 2 aromatic heterocycles. The van der Waals surface area contributed by atoms with Crippen LogP contribution in [0.4, 0.5) is 5.82 Å². The maximum absolute atomic E-state index is 12.2. The lowest BCUT2D eigenvalue weighted by atomic mass is 10.1. The molecular weight excluding hydrogens is 604 g/mol. The molecule has 1 amide bonds. The molecule has 4 aromatic rings. The number of rotatable bonds is 22. The molecule has 0 spiro atoms. The van der Waals surface area contributed by atoms with Crippen molar-refractivity contribution in [3.63, 3.8) is 0 Å². The summed E-state index contributed by atoms with van der Waals surface area (Å²) in [5, 5.41) is 10.5. The Morgan fingerprint density at radius 3 is 2.23 bits per heavy atom. The van der Waals surface area contributed by atoms with Gasteiger partial charge in [-0.25, -0.2) is 4.98 Å². The van der Waals surface area contributed by atoms with Crippen molar-refractivity contribution in [2.45, 2.75) is 53.0 Å². The smallest absolute Gasteiger partial charge is 0.220 e. The number of nitrogens with one attached hydrogen (secondary N) is 3. The van der Waals surface area contributed by atoms with Gasteiger partial charge in [-0.2, -0.15) is 0 Å². The van der Waals surface area contributed by atoms with E-state index in [4.69, 9.17) is 18.6 Å². The molecule has 0 atom stereocenters. The summed E-state index contributed by atoms with van der Waals surface area (Å²) in [6.07, 6.45) is 2.81. The van der Waals surface area contributed by atoms with E-state index in [0.717, 1.165) is 65.3 Å². The van der Waals surface area contributed by atoms with Crippen molar-refractivity contribution in [3.05, 3.63) is 101 Å². The van der Waals surface area contributed by atoms with Gasteiger partial charge in [0, 0.05) is 56.2 Å². The van der Waals surface area contributed by atoms with Crippen molar-refractivity contribution >= 4 is 28.3 Å². The van der Waals surface area contributed by atoms with Crippen molar-refractivity contribution in [2.75, 3.05) is 65.1 Å². The molecule has 0 bridgehead atoms. The molecule has 0 fully saturated rings. The van der Waals surface area contributed by atoms with Gasteiger partial charge in [-0.3, -0.25) is 4.79 Å². The van der Waals surface area contributed by atoms with Crippen LogP contribution in [0, 0.1) is 0 Å². The number of carbonyl (C=O) groups excluding carboxylic acids is 1. The molecule has 9 heteroatoms. The van der Waals surface area contributed by atoms with Crippen molar-refractivity contribution in [3.8, 4) is 0 Å². The Balaban J connectivity index is 0.00000307. The standard InChI is InChI=1S/C37H48N4O5.C2H6/c1-28(2)34-15-12-32(41-37(34)38-3)13-16-36(42)40-18-20-44-22-24-45-23-21-43-19-17-39-27-30-9-11-31-26-33(46-35(31)25-30)14-10-29-7-5-4-6-8-29;1-2/h4-9,11-12,15,25-26,39H,1,10,13-14,16-24,27H2,2-3H3,(H,38,41)(H,40,42);1-2H3. The fraction of sp³-hybridized carbons (Fsp3) is 0.436. The summed E-state index contributed by atoms with van der Waals surface area (Å²) in [7, 11) is 1.83. The Morgan fingerprint density at radius 1 is 0.812 bits per heavy atom. The second-order valence-corrected chi connectivity index (χ2v) is 11.2. The quantitative estimate of drug-likeness (QED) is 0.0812. The number of pyridine rings is 1. The number of nitrogens with zero attached hydrogens (tertiary/aromatic N) is 1. The van der Waals surface area contributed by atoms with E-state index in [-0.39, 0.29) is 5.91 Å². The zero-order valence-corrected chi connectivity index (χ0v) is 29.2. The Morgan fingerprint density at radius 2 is 1.52 bits per heavy atom. The summed E-state index contributed by atoms with van der Waals surface area (Å²) in [6, 6.07) is 22.9. The van der Waals surface area contributed by atoms with E-state index in [9.17, 15) is 4.79 Å². The van der Waals surface area contributed by atoms with Gasteiger partial charge in [0.25, 0.3) is 0 Å². The van der Waals surface area contributed by atoms with Gasteiger partial charge in [-0.15, -0.1) is 0 Å². The average molecular weight is 659 g/mol. The fourth-order valence-corrected chi connectivity index (χ4v) is 4.96. The summed E-state index contributed by atoms with van der Waals surface area (Å²) >= 11 is 0. The highest BCUT2D eigenvalue weighted by molar-refractivity contribution is 5.78. The third-order valence-corrected chi connectivity index (χ3v) is 7.46. The maximum Gasteiger partial charge on any atom is 0.220 e. The van der Waals surface area contributed by atoms with Crippen molar-refractivity contribution in [2.24, 2.45) is 0 Å². The maximum atomic E-state index is 12.2. The summed E-state index contributed by atoms with van der Waals surface area (Å²) < 4.78 is 22.9. The van der Waals surface area contributed by atoms with Gasteiger partial charge in [-0.05, 0) is 60.7 Å². The van der Waals surface area contributed by atoms with Gasteiger partial charge in [0.05, 0.1) is 39.6 Å². The van der Waals surface area contributed by atoms with E-state index in [0.29, 0.717) is 59.0 Å². The van der Waals surface area contributed by atoms with Crippen LogP contribution in [0.1, 0.15) is 55.3 Å². The summed E-state index contributed by atoms with van der Waals surface area (Å²) in [5.41, 5.74) is 6.24. The Bertz CT molecular complexity index is 1510. The number of fused-ring (bicyclic) bond motifs is 1. The molecule has 0 unspecified atom stereocenters. The monoisotopic (exact) mass is 658 g/mol. The summed E-state index contributed by atoms with van der Waals surface area (Å²) in [4.78, 5) is 16.7. The first-order chi connectivity index (χ1) is 23.5. The van der Waals surface area contributed by atoms with E-state index in [2.05, 4.69) is 76.0 Å². The molecule has 0 radical (unpaired) electrons. The third-order valence-electron chi connectivity index (χ3n) is 7.46. The Labute approximate surface area is 286 Å². The predicted octanol–water partition coefficient (Wildman–Crippen LogP) is 6.60. The minimum Gasteiger partial charge on any atom is -0.461 e. The lowest BCUT2D eigenvalue weighted by Gasteiger charge is -2.10. The molecule has 0 saturated heterocycles. The van der Waals surface area contributed by atoms with Crippen LogP contribution < -0.4 is 16.0 Å². The Hall–Kier alpha value is -4.02. The molecule has 0 saturated carbocycles. The predicted molar refractivity (Wildman–Crippen MR) is 195 cm³/mol. The second-order valence-electron chi connectivity index (χ2n) is 11.2. The molecular formula is C39H54N4O5. The van der Waals surface area contributed by atoms with Crippen LogP contribution in [-0.2, 0) is 44.8 Å². The number of hydrogen-bond donors (Lipinski definition) is 3. The number of anilines is 1. The number of aromatic nitrogens is 1. The lowest BCUT2D eigenvalue weighted by molar-refractivity contribution is -0.121. The van der Waals surface area contributed by atoms with Crippen LogP contribution in [0.2, 0.25) is 0 Å². The van der Waals surface area contributed by atoms with Gasteiger partial charge in [0.1, 0.15) is 17.2 Å². The zero-order valence-electron chi connectivity index (χ0n) is 29.2. The van der Waals surface area contributed by atoms with Crippen LogP contribution >= 0.6 is 0 Å². The van der Waals surface area contributed by atoms with Crippen molar-refractivity contribution < 1.29 is 23.4 Å². The van der Waals surface area contributed by atoms with Crippen LogP contribution in [0.3, 0.4) is 0 Å². The van der Waals surface area contributed by atoms with Gasteiger partial charge >= 0.3 is 0 Å². The highest BCUT2D eigenvalue weighted by Gasteiger charge is 2.08. The summed E-state index contributed by atoms with van der Waals surface area (Å²) in [5.74, 6) is 1.78. The number of allylic oxidation sites excluding steroid dienone is 1. The molecule has 2 aromatic carbocycles. The third kappa shape index (κ3) is 14.0. The first-order valence-corrected chi connectivity index (χ1v) is 17.1. The number of furan rings is 1. The largest absolute Gasteiger partial charge is 0.461 e. The van der Waals surface area contributed by atoms with Gasteiger partial charge < -0.3 is 34.6 Å². The van der Waals surface area contributed by atoms with E-state index < -0.39 is 0 Å². The number of benzene rings is 2. The first-order valence-electron chi connectivity index (χ1n) is 17.1. The minimum absolute atomic E-state index is 0.0226. The Kier molecular flexibility index (Phi) is 18.0. The van der Waals surface area contributed by atoms with Crippen molar-refractivity contribution in [1.82, 2.24) is 15.6 Å². The molecule has 9 nitrogen and oxygen atoms in total. The highest BCUT2D eigenvalue weighted by atomic mass is 16.5.